The standard InChI is InChI=1S/C20H17FN2O4S/c1-27-18-8-4-3-7-17(18)22-20(24)14-10-12-15(13-11-14)23-28(25,26)19-9-5-2-6-16(19)21/h2-13,23H,1H3,(H,22,24). The molecule has 0 saturated heterocycles. The fourth-order valence-electron chi connectivity index (χ4n) is 2.50. The average Bonchev–Trinajstić information content (AvgIpc) is 2.69. The Balaban J connectivity index is 1.75. The van der Waals surface area contributed by atoms with Crippen molar-refractivity contribution in [3.05, 3.63) is 84.2 Å². The van der Waals surface area contributed by atoms with E-state index in [4.69, 9.17) is 4.74 Å². The van der Waals surface area contributed by atoms with E-state index in [-0.39, 0.29) is 11.6 Å². The third-order valence-corrected chi connectivity index (χ3v) is 5.30. The monoisotopic (exact) mass is 400 g/mol. The second kappa shape index (κ2) is 8.10. The van der Waals surface area contributed by atoms with Gasteiger partial charge < -0.3 is 10.1 Å². The molecule has 0 aliphatic carbocycles. The molecule has 6 nitrogen and oxygen atoms in total. The minimum atomic E-state index is -4.08. The molecule has 3 aromatic rings. The third-order valence-electron chi connectivity index (χ3n) is 3.88. The zero-order valence-electron chi connectivity index (χ0n) is 14.8. The Morgan fingerprint density at radius 3 is 2.25 bits per heavy atom. The van der Waals surface area contributed by atoms with Gasteiger partial charge in [0.15, 0.2) is 0 Å². The van der Waals surface area contributed by atoms with Gasteiger partial charge in [0, 0.05) is 11.3 Å². The van der Waals surface area contributed by atoms with Crippen LogP contribution in [0, 0.1) is 5.82 Å². The van der Waals surface area contributed by atoms with Gasteiger partial charge in [-0.05, 0) is 48.5 Å². The molecule has 8 heteroatoms. The highest BCUT2D eigenvalue weighted by Gasteiger charge is 2.18. The average molecular weight is 400 g/mol. The first-order valence-corrected chi connectivity index (χ1v) is 9.71. The minimum Gasteiger partial charge on any atom is -0.495 e. The summed E-state index contributed by atoms with van der Waals surface area (Å²) in [5.41, 5.74) is 1.04. The Hall–Kier alpha value is -3.39. The molecule has 0 spiro atoms. The van der Waals surface area contributed by atoms with Crippen molar-refractivity contribution in [1.82, 2.24) is 0 Å². The molecule has 28 heavy (non-hydrogen) atoms. The summed E-state index contributed by atoms with van der Waals surface area (Å²) < 4.78 is 45.8. The maximum absolute atomic E-state index is 13.7. The topological polar surface area (TPSA) is 84.5 Å². The zero-order valence-corrected chi connectivity index (χ0v) is 15.7. The Labute approximate surface area is 162 Å². The third kappa shape index (κ3) is 4.29. The van der Waals surface area contributed by atoms with Gasteiger partial charge in [0.25, 0.3) is 15.9 Å². The van der Waals surface area contributed by atoms with Crippen molar-refractivity contribution in [2.45, 2.75) is 4.90 Å². The highest BCUT2D eigenvalue weighted by atomic mass is 32.2. The molecule has 2 N–H and O–H groups in total. The normalized spacial score (nSPS) is 10.9. The summed E-state index contributed by atoms with van der Waals surface area (Å²) in [5, 5.41) is 2.73. The highest BCUT2D eigenvalue weighted by Crippen LogP contribution is 2.24. The molecule has 0 aliphatic heterocycles. The summed E-state index contributed by atoms with van der Waals surface area (Å²) >= 11 is 0. The van der Waals surface area contributed by atoms with Crippen LogP contribution in [0.1, 0.15) is 10.4 Å². The van der Waals surface area contributed by atoms with Crippen LogP contribution in [0.15, 0.2) is 77.7 Å². The lowest BCUT2D eigenvalue weighted by Gasteiger charge is -2.11. The molecule has 1 amide bonds. The van der Waals surface area contributed by atoms with Gasteiger partial charge in [0.1, 0.15) is 16.5 Å². The Bertz CT molecular complexity index is 1100. The van der Waals surface area contributed by atoms with Crippen LogP contribution in [-0.2, 0) is 10.0 Å². The van der Waals surface area contributed by atoms with E-state index in [0.29, 0.717) is 17.0 Å². The van der Waals surface area contributed by atoms with Crippen molar-refractivity contribution in [2.75, 3.05) is 17.1 Å². The van der Waals surface area contributed by atoms with Crippen LogP contribution in [0.4, 0.5) is 15.8 Å². The lowest BCUT2D eigenvalue weighted by atomic mass is 10.2. The number of hydrogen-bond acceptors (Lipinski definition) is 4. The molecule has 0 aliphatic rings. The molecule has 0 atom stereocenters. The number of carbonyl (C=O) groups excluding carboxylic acids is 1. The summed E-state index contributed by atoms with van der Waals surface area (Å²) in [4.78, 5) is 11.9. The smallest absolute Gasteiger partial charge is 0.264 e. The predicted molar refractivity (Wildman–Crippen MR) is 105 cm³/mol. The van der Waals surface area contributed by atoms with E-state index in [0.717, 1.165) is 6.07 Å². The van der Waals surface area contributed by atoms with Gasteiger partial charge in [-0.2, -0.15) is 0 Å². The number of methoxy groups -OCH3 is 1. The van der Waals surface area contributed by atoms with Crippen molar-refractivity contribution < 1.29 is 22.3 Å². The van der Waals surface area contributed by atoms with E-state index >= 15 is 0 Å². The van der Waals surface area contributed by atoms with E-state index in [1.54, 1.807) is 24.3 Å². The number of rotatable bonds is 6. The summed E-state index contributed by atoms with van der Waals surface area (Å²) in [6.45, 7) is 0. The Morgan fingerprint density at radius 1 is 0.929 bits per heavy atom. The zero-order chi connectivity index (χ0) is 20.1. The van der Waals surface area contributed by atoms with E-state index in [2.05, 4.69) is 10.0 Å². The van der Waals surface area contributed by atoms with Crippen molar-refractivity contribution in [3.8, 4) is 5.75 Å². The first kappa shape index (κ1) is 19.4. The number of para-hydroxylation sites is 2. The van der Waals surface area contributed by atoms with Gasteiger partial charge in [-0.1, -0.05) is 24.3 Å². The first-order chi connectivity index (χ1) is 13.4. The van der Waals surface area contributed by atoms with Gasteiger partial charge in [-0.25, -0.2) is 12.8 Å². The van der Waals surface area contributed by atoms with E-state index < -0.39 is 20.7 Å². The van der Waals surface area contributed by atoms with Crippen LogP contribution in [0.3, 0.4) is 0 Å². The lowest BCUT2D eigenvalue weighted by molar-refractivity contribution is 0.102. The largest absolute Gasteiger partial charge is 0.495 e. The first-order valence-electron chi connectivity index (χ1n) is 8.22. The summed E-state index contributed by atoms with van der Waals surface area (Å²) in [7, 11) is -2.58. The number of hydrogen-bond donors (Lipinski definition) is 2. The fraction of sp³-hybridized carbons (Fsp3) is 0.0500. The Morgan fingerprint density at radius 2 is 1.57 bits per heavy atom. The maximum Gasteiger partial charge on any atom is 0.264 e. The van der Waals surface area contributed by atoms with Crippen LogP contribution < -0.4 is 14.8 Å². The van der Waals surface area contributed by atoms with Gasteiger partial charge in [-0.15, -0.1) is 0 Å². The molecule has 0 aromatic heterocycles. The second-order valence-electron chi connectivity index (χ2n) is 5.77. The van der Waals surface area contributed by atoms with Crippen LogP contribution in [0.25, 0.3) is 0 Å². The van der Waals surface area contributed by atoms with Gasteiger partial charge in [0.05, 0.1) is 12.8 Å². The van der Waals surface area contributed by atoms with Crippen molar-refractivity contribution in [2.24, 2.45) is 0 Å². The van der Waals surface area contributed by atoms with Crippen molar-refractivity contribution >= 4 is 27.3 Å². The van der Waals surface area contributed by atoms with Gasteiger partial charge >= 0.3 is 0 Å². The van der Waals surface area contributed by atoms with Crippen LogP contribution in [-0.4, -0.2) is 21.4 Å². The van der Waals surface area contributed by atoms with Crippen LogP contribution in [0.5, 0.6) is 5.75 Å². The molecule has 0 heterocycles. The summed E-state index contributed by atoms with van der Waals surface area (Å²) in [5.74, 6) is -0.707. The molecule has 0 unspecified atom stereocenters. The quantitative estimate of drug-likeness (QED) is 0.658. The molecule has 3 rings (SSSR count). The van der Waals surface area contributed by atoms with Crippen molar-refractivity contribution in [1.29, 1.82) is 0 Å². The van der Waals surface area contributed by atoms with Gasteiger partial charge in [0.2, 0.25) is 0 Å². The number of halogens is 1. The predicted octanol–water partition coefficient (Wildman–Crippen LogP) is 3.89. The molecular weight excluding hydrogens is 383 g/mol. The lowest BCUT2D eigenvalue weighted by Crippen LogP contribution is -2.15. The number of anilines is 2. The van der Waals surface area contributed by atoms with E-state index in [1.165, 1.54) is 49.6 Å². The molecule has 144 valence electrons. The highest BCUT2D eigenvalue weighted by molar-refractivity contribution is 7.92. The molecule has 0 saturated carbocycles. The number of benzene rings is 3. The molecular formula is C20H17FN2O4S. The van der Waals surface area contributed by atoms with Crippen LogP contribution in [0.2, 0.25) is 0 Å². The second-order valence-corrected chi connectivity index (χ2v) is 7.42. The van der Waals surface area contributed by atoms with E-state index in [9.17, 15) is 17.6 Å². The van der Waals surface area contributed by atoms with Crippen molar-refractivity contribution in [3.63, 3.8) is 0 Å². The molecule has 3 aromatic carbocycles. The molecule has 0 radical (unpaired) electrons. The number of sulfonamides is 1. The number of ether oxygens (including phenoxy) is 1. The SMILES string of the molecule is COc1ccccc1NC(=O)c1ccc(NS(=O)(=O)c2ccccc2F)cc1. The summed E-state index contributed by atoms with van der Waals surface area (Å²) in [6, 6.07) is 17.8. The number of nitrogens with one attached hydrogen (secondary N) is 2. The fourth-order valence-corrected chi connectivity index (χ4v) is 3.64. The van der Waals surface area contributed by atoms with Gasteiger partial charge in [-0.3, -0.25) is 9.52 Å². The van der Waals surface area contributed by atoms with E-state index in [1.807, 2.05) is 0 Å². The minimum absolute atomic E-state index is 0.206. The Kier molecular flexibility index (Phi) is 5.60. The molecule has 0 fully saturated rings. The molecule has 0 bridgehead atoms. The summed E-state index contributed by atoms with van der Waals surface area (Å²) in [6.07, 6.45) is 0. The van der Waals surface area contributed by atoms with Crippen LogP contribution >= 0.6 is 0 Å². The maximum atomic E-state index is 13.7. The number of amides is 1. The number of carbonyl (C=O) groups is 1.